The monoisotopic (exact) mass is 407 g/mol. The van der Waals surface area contributed by atoms with E-state index in [-0.39, 0.29) is 36.1 Å². The second kappa shape index (κ2) is 6.87. The Balaban J connectivity index is 1.50. The highest BCUT2D eigenvalue weighted by Gasteiger charge is 2.49. The number of halogens is 1. The van der Waals surface area contributed by atoms with E-state index in [0.29, 0.717) is 18.0 Å². The molecule has 7 nitrogen and oxygen atoms in total. The second-order valence-electron chi connectivity index (χ2n) is 6.87. The fourth-order valence-electron chi connectivity index (χ4n) is 3.49. The number of nitrogens with zero attached hydrogens (tertiary/aromatic N) is 2. The number of pyridine rings is 1. The van der Waals surface area contributed by atoms with Crippen molar-refractivity contribution >= 4 is 27.9 Å². The molecule has 0 radical (unpaired) electrons. The van der Waals surface area contributed by atoms with E-state index in [1.54, 1.807) is 23.1 Å². The molecular formula is C18H18ClN3O4S. The van der Waals surface area contributed by atoms with Gasteiger partial charge in [0.05, 0.1) is 12.6 Å². The summed E-state index contributed by atoms with van der Waals surface area (Å²) in [6, 6.07) is 8.69. The first kappa shape index (κ1) is 18.4. The van der Waals surface area contributed by atoms with Gasteiger partial charge in [-0.15, -0.1) is 4.72 Å². The van der Waals surface area contributed by atoms with Crippen LogP contribution in [-0.2, 0) is 25.8 Å². The molecule has 0 saturated carbocycles. The van der Waals surface area contributed by atoms with Crippen LogP contribution in [-0.4, -0.2) is 45.6 Å². The van der Waals surface area contributed by atoms with E-state index in [9.17, 15) is 13.6 Å². The quantitative estimate of drug-likeness (QED) is 0.766. The molecule has 1 N–H and O–H groups in total. The topological polar surface area (TPSA) is 94.6 Å². The molecule has 2 aromatic rings. The van der Waals surface area contributed by atoms with E-state index < -0.39 is 15.9 Å². The molecule has 2 atom stereocenters. The van der Waals surface area contributed by atoms with Gasteiger partial charge in [0.25, 0.3) is 0 Å². The number of rotatable bonds is 2. The van der Waals surface area contributed by atoms with E-state index in [4.69, 9.17) is 16.3 Å². The summed E-state index contributed by atoms with van der Waals surface area (Å²) >= 11 is 5.98. The third-order valence-corrected chi connectivity index (χ3v) is 6.66. The Hall–Kier alpha value is -2.00. The van der Waals surface area contributed by atoms with Gasteiger partial charge in [0.2, 0.25) is 10.8 Å². The highest BCUT2D eigenvalue weighted by atomic mass is 35.5. The van der Waals surface area contributed by atoms with E-state index in [2.05, 4.69) is 9.71 Å². The number of carbonyl (C=O) groups excluding carboxylic acids is 1. The summed E-state index contributed by atoms with van der Waals surface area (Å²) in [4.78, 5) is 18.2. The number of aromatic nitrogens is 1. The molecule has 4 rings (SSSR count). The van der Waals surface area contributed by atoms with E-state index in [1.807, 2.05) is 6.07 Å². The zero-order valence-electron chi connectivity index (χ0n) is 14.4. The molecule has 2 aliphatic heterocycles. The van der Waals surface area contributed by atoms with Crippen molar-refractivity contribution < 1.29 is 18.3 Å². The van der Waals surface area contributed by atoms with Gasteiger partial charge in [-0.05, 0) is 24.1 Å². The number of hydrogen-bond acceptors (Lipinski definition) is 5. The van der Waals surface area contributed by atoms with Crippen LogP contribution in [0.3, 0.4) is 0 Å². The third kappa shape index (κ3) is 3.70. The van der Waals surface area contributed by atoms with Gasteiger partial charge >= 0.3 is 0 Å². The summed E-state index contributed by atoms with van der Waals surface area (Å²) in [5, 5.41) is 0.578. The lowest BCUT2D eigenvalue weighted by molar-refractivity contribution is -0.129. The minimum Gasteiger partial charge on any atom is -0.593 e. The Bertz CT molecular complexity index is 940. The van der Waals surface area contributed by atoms with E-state index >= 15 is 0 Å². The Morgan fingerprint density at radius 2 is 2.30 bits per heavy atom. The van der Waals surface area contributed by atoms with Gasteiger partial charge in [-0.1, -0.05) is 27.9 Å². The van der Waals surface area contributed by atoms with Crippen molar-refractivity contribution in [1.29, 1.82) is 0 Å². The highest BCUT2D eigenvalue weighted by molar-refractivity contribution is 7.96. The number of carbonyl (C=O) groups is 1. The van der Waals surface area contributed by atoms with Crippen LogP contribution in [0.1, 0.15) is 12.0 Å². The van der Waals surface area contributed by atoms with Crippen molar-refractivity contribution in [1.82, 2.24) is 14.6 Å². The predicted molar refractivity (Wildman–Crippen MR) is 99.0 cm³/mol. The summed E-state index contributed by atoms with van der Waals surface area (Å²) in [6.07, 6.45) is 3.46. The van der Waals surface area contributed by atoms with E-state index in [1.165, 1.54) is 18.5 Å². The molecule has 1 saturated heterocycles. The molecule has 0 bridgehead atoms. The lowest BCUT2D eigenvalue weighted by atomic mass is 10.0. The molecule has 1 amide bonds. The number of amides is 1. The molecule has 1 spiro atoms. The summed E-state index contributed by atoms with van der Waals surface area (Å²) in [5.41, 5.74) is -0.0217. The maximum Gasteiger partial charge on any atom is 0.235 e. The van der Waals surface area contributed by atoms with Crippen molar-refractivity contribution in [3.63, 3.8) is 0 Å². The molecule has 3 heterocycles. The standard InChI is InChI=1S/C18H18ClN3O4S/c19-14-3-1-2-13(8-14)9-17(23)22-7-5-18(11-22)12-26-15-4-6-20-10-16(15)27(24,25)21-18/h1-4,6,8,10H,5,7,9,11-12H2,(H-,21,24,25). The van der Waals surface area contributed by atoms with Gasteiger partial charge in [-0.25, -0.2) is 0 Å². The van der Waals surface area contributed by atoms with Crippen molar-refractivity contribution in [2.45, 2.75) is 23.3 Å². The number of nitrogens with one attached hydrogen (secondary N) is 1. The average Bonchev–Trinajstić information content (AvgIpc) is 2.99. The molecule has 142 valence electrons. The maximum atomic E-state index is 12.7. The molecule has 2 aliphatic rings. The van der Waals surface area contributed by atoms with Crippen LogP contribution in [0.2, 0.25) is 5.02 Å². The van der Waals surface area contributed by atoms with Gasteiger partial charge in [-0.3, -0.25) is 9.78 Å². The SMILES string of the molecule is O=C(Cc1cccc(Cl)c1)N1CCC2(COc3ccncc3[S+](=O)([O-])N2)C1. The Labute approximate surface area is 163 Å². The van der Waals surface area contributed by atoms with Crippen molar-refractivity contribution in [2.24, 2.45) is 0 Å². The fourth-order valence-corrected chi connectivity index (χ4v) is 5.20. The van der Waals surface area contributed by atoms with Crippen LogP contribution in [0.25, 0.3) is 0 Å². The molecule has 2 unspecified atom stereocenters. The lowest BCUT2D eigenvalue weighted by Gasteiger charge is -2.28. The summed E-state index contributed by atoms with van der Waals surface area (Å²) in [6.45, 7) is 0.872. The van der Waals surface area contributed by atoms with Crippen molar-refractivity contribution in [2.75, 3.05) is 19.7 Å². The Kier molecular flexibility index (Phi) is 4.67. The number of fused-ring (bicyclic) bond motifs is 1. The molecule has 0 aliphatic carbocycles. The van der Waals surface area contributed by atoms with Crippen LogP contribution in [0.5, 0.6) is 5.75 Å². The zero-order chi connectivity index (χ0) is 19.1. The van der Waals surface area contributed by atoms with Crippen LogP contribution in [0, 0.1) is 0 Å². The maximum absolute atomic E-state index is 12.7. The molecule has 9 heteroatoms. The number of benzene rings is 1. The number of hydrogen-bond donors (Lipinski definition) is 1. The minimum atomic E-state index is -3.78. The average molecular weight is 408 g/mol. The number of likely N-dealkylation sites (tertiary alicyclic amines) is 1. The molecule has 1 fully saturated rings. The fraction of sp³-hybridized carbons (Fsp3) is 0.333. The first-order chi connectivity index (χ1) is 12.9. The Morgan fingerprint density at radius 1 is 1.44 bits per heavy atom. The summed E-state index contributed by atoms with van der Waals surface area (Å²) < 4.78 is 33.9. The normalized spacial score (nSPS) is 27.1. The van der Waals surface area contributed by atoms with Crippen molar-refractivity contribution in [3.8, 4) is 5.75 Å². The molecule has 27 heavy (non-hydrogen) atoms. The molecular weight excluding hydrogens is 390 g/mol. The first-order valence-corrected chi connectivity index (χ1v) is 10.4. The van der Waals surface area contributed by atoms with Gasteiger partial charge in [0.1, 0.15) is 12.1 Å². The van der Waals surface area contributed by atoms with Crippen LogP contribution >= 0.6 is 11.6 Å². The summed E-state index contributed by atoms with van der Waals surface area (Å²) in [7, 11) is -3.78. The van der Waals surface area contributed by atoms with Gasteiger partial charge < -0.3 is 14.2 Å². The second-order valence-corrected chi connectivity index (χ2v) is 8.96. The minimum absolute atomic E-state index is 0.0191. The molecule has 1 aromatic heterocycles. The first-order valence-electron chi connectivity index (χ1n) is 8.50. The smallest absolute Gasteiger partial charge is 0.235 e. The number of sulfonamides is 1. The zero-order valence-corrected chi connectivity index (χ0v) is 16.0. The van der Waals surface area contributed by atoms with Crippen LogP contribution < -0.4 is 9.46 Å². The van der Waals surface area contributed by atoms with Crippen LogP contribution in [0.4, 0.5) is 0 Å². The van der Waals surface area contributed by atoms with Gasteiger partial charge in [-0.2, -0.15) is 0 Å². The van der Waals surface area contributed by atoms with E-state index in [0.717, 1.165) is 5.56 Å². The van der Waals surface area contributed by atoms with Gasteiger partial charge in [0, 0.05) is 30.4 Å². The lowest BCUT2D eigenvalue weighted by Crippen LogP contribution is -2.55. The van der Waals surface area contributed by atoms with Gasteiger partial charge in [0.15, 0.2) is 16.1 Å². The largest absolute Gasteiger partial charge is 0.593 e. The predicted octanol–water partition coefficient (Wildman–Crippen LogP) is 1.83. The van der Waals surface area contributed by atoms with Crippen LogP contribution in [0.15, 0.2) is 47.6 Å². The third-order valence-electron chi connectivity index (χ3n) is 4.84. The number of ether oxygens (including phenoxy) is 1. The van der Waals surface area contributed by atoms with Crippen molar-refractivity contribution in [3.05, 3.63) is 53.3 Å². The summed E-state index contributed by atoms with van der Waals surface area (Å²) in [5.74, 6) is 0.204. The highest BCUT2D eigenvalue weighted by Crippen LogP contribution is 2.34. The molecule has 1 aromatic carbocycles. The Morgan fingerprint density at radius 3 is 3.11 bits per heavy atom.